The van der Waals surface area contributed by atoms with Crippen LogP contribution in [0, 0.1) is 21.4 Å². The maximum atomic E-state index is 16.5. The first-order valence-electron chi connectivity index (χ1n) is 42.6. The van der Waals surface area contributed by atoms with Gasteiger partial charge in [0.05, 0.1) is 30.8 Å². The zero-order valence-electron chi connectivity index (χ0n) is 71.7. The lowest BCUT2D eigenvalue weighted by atomic mass is 9.77. The molecule has 0 unspecified atom stereocenters. The van der Waals surface area contributed by atoms with E-state index in [2.05, 4.69) is 52.8 Å². The molecule has 11 aromatic rings. The third-order valence-corrected chi connectivity index (χ3v) is 22.0. The van der Waals surface area contributed by atoms with Crippen molar-refractivity contribution in [1.82, 2.24) is 67.8 Å². The largest absolute Gasteiger partial charge is 0.489 e. The number of hydrazine groups is 1. The number of imidazole rings is 1. The number of carboxylic acids is 1. The summed E-state index contributed by atoms with van der Waals surface area (Å²) in [5.41, 5.74) is 5.50. The summed E-state index contributed by atoms with van der Waals surface area (Å²) in [6, 6.07) is 68.7. The zero-order valence-corrected chi connectivity index (χ0v) is 71.7. The number of carbonyl (C=O) groups excluding carboxylic acids is 8. The number of hydrogen-bond donors (Lipinski definition) is 13. The molecule has 3 heterocycles. The summed E-state index contributed by atoms with van der Waals surface area (Å²) >= 11 is 0. The fourth-order valence-electron chi connectivity index (χ4n) is 15.7. The van der Waals surface area contributed by atoms with Crippen LogP contribution in [0.25, 0.3) is 10.9 Å². The molecule has 2 aromatic heterocycles. The maximum absolute atomic E-state index is 16.5. The van der Waals surface area contributed by atoms with Crippen molar-refractivity contribution < 1.29 is 67.5 Å². The van der Waals surface area contributed by atoms with Crippen LogP contribution in [-0.2, 0) is 89.6 Å². The molecule has 30 nitrogen and oxygen atoms in total. The van der Waals surface area contributed by atoms with E-state index in [9.17, 15) is 34.4 Å². The van der Waals surface area contributed by atoms with Gasteiger partial charge in [0.25, 0.3) is 5.96 Å². The Morgan fingerprint density at radius 3 is 1.48 bits per heavy atom. The summed E-state index contributed by atoms with van der Waals surface area (Å²) < 4.78 is 21.8. The second-order valence-corrected chi connectivity index (χ2v) is 32.9. The summed E-state index contributed by atoms with van der Waals surface area (Å²) in [5, 5.41) is 53.8. The van der Waals surface area contributed by atoms with Gasteiger partial charge >= 0.3 is 5.97 Å². The topological polar surface area (TPSA) is 422 Å². The molecule has 1 aliphatic heterocycles. The first kappa shape index (κ1) is 92.5. The quantitative estimate of drug-likeness (QED) is 0.00422. The fraction of sp³-hybridized carbons (Fsp3) is 0.296. The second-order valence-electron chi connectivity index (χ2n) is 32.9. The van der Waals surface area contributed by atoms with Crippen molar-refractivity contribution >= 4 is 70.1 Å². The van der Waals surface area contributed by atoms with Gasteiger partial charge in [-0.1, -0.05) is 262 Å². The van der Waals surface area contributed by atoms with Crippen LogP contribution in [0.5, 0.6) is 5.75 Å². The number of ether oxygens (including phenoxy) is 3. The molecule has 9 aromatic carbocycles. The number of rotatable bonds is 43. The van der Waals surface area contributed by atoms with E-state index in [4.69, 9.17) is 24.6 Å². The van der Waals surface area contributed by atoms with E-state index in [1.54, 1.807) is 76.8 Å². The average molecular weight is 1740 g/mol. The Balaban J connectivity index is 0.928. The van der Waals surface area contributed by atoms with Crippen molar-refractivity contribution in [3.05, 3.63) is 345 Å². The number of nitro groups is 1. The number of H-pyrrole nitrogens is 1. The van der Waals surface area contributed by atoms with E-state index in [1.165, 1.54) is 0 Å². The van der Waals surface area contributed by atoms with Crippen molar-refractivity contribution in [2.75, 3.05) is 19.8 Å². The Kier molecular flexibility index (Phi) is 31.7. The van der Waals surface area contributed by atoms with Crippen molar-refractivity contribution in [3.63, 3.8) is 0 Å². The molecule has 1 fully saturated rings. The predicted molar refractivity (Wildman–Crippen MR) is 481 cm³/mol. The van der Waals surface area contributed by atoms with Gasteiger partial charge < -0.3 is 76.7 Å². The number of amides is 8. The second kappa shape index (κ2) is 43.8. The van der Waals surface area contributed by atoms with Crippen molar-refractivity contribution in [2.45, 2.75) is 158 Å². The van der Waals surface area contributed by atoms with E-state index in [0.29, 0.717) is 50.2 Å². The first-order chi connectivity index (χ1) is 61.7. The zero-order chi connectivity index (χ0) is 90.7. The van der Waals surface area contributed by atoms with E-state index in [1.807, 2.05) is 247 Å². The minimum absolute atomic E-state index is 0.0230. The van der Waals surface area contributed by atoms with Crippen LogP contribution < -0.4 is 58.0 Å². The van der Waals surface area contributed by atoms with E-state index in [0.717, 1.165) is 22.3 Å². The van der Waals surface area contributed by atoms with Crippen molar-refractivity contribution in [3.8, 4) is 5.75 Å². The van der Waals surface area contributed by atoms with E-state index < -0.39 is 137 Å². The number of para-hydroxylation sites is 1. The molecule has 0 bridgehead atoms. The van der Waals surface area contributed by atoms with Crippen LogP contribution >= 0.6 is 0 Å². The molecule has 0 radical (unpaired) electrons. The van der Waals surface area contributed by atoms with Gasteiger partial charge in [0.15, 0.2) is 5.03 Å². The van der Waals surface area contributed by atoms with Crippen molar-refractivity contribution in [2.24, 2.45) is 5.92 Å². The molecule has 8 atom stereocenters. The van der Waals surface area contributed by atoms with Crippen molar-refractivity contribution in [1.29, 1.82) is 5.41 Å². The number of aliphatic carboxylic acids is 1. The highest BCUT2D eigenvalue weighted by atomic mass is 16.7. The van der Waals surface area contributed by atoms with Gasteiger partial charge in [0, 0.05) is 55.5 Å². The molecule has 1 saturated heterocycles. The summed E-state index contributed by atoms with van der Waals surface area (Å²) in [5.74, 6) is -8.54. The minimum atomic E-state index is -1.82. The molecule has 664 valence electrons. The number of fused-ring (bicyclic) bond motifs is 1. The molecule has 0 spiro atoms. The summed E-state index contributed by atoms with van der Waals surface area (Å²) in [6.07, 6.45) is 4.35. The van der Waals surface area contributed by atoms with Gasteiger partial charge in [-0.2, -0.15) is 0 Å². The molecule has 0 saturated carbocycles. The van der Waals surface area contributed by atoms with Gasteiger partial charge in [-0.25, -0.2) is 19.9 Å². The molecule has 0 aliphatic carbocycles. The standard InChI is InChI=1S/C98H107N15O15/c1-64(2)54-80(88(116)104-79(94(122)123)46-29-53-100-95(99)111-113(124)125)105-92(120)84(61-127-96(3,4)5)109-89(117)81(55-65-47-49-75(50-48-65)126-60-66-30-13-6-14-31-66)106-93(121)85(62-128-98(71-38-21-10-22-39-71,72-40-23-11-24-41-72)73-42-25-12-26-43-73)110-90(118)82(56-67-58-101-77-45-28-27-44-76(67)77)107-91(119)83(108-87(115)78-51-52-86(114)103-78)57-74-59-112(63-102-74)97(68-32-15-7-16-33-68,69-34-17-8-18-35-69)70-36-19-9-20-37-70/h6-28,30-45,47-50,58-59,63-64,78-85,101H,29,46,51-57,60-62H2,1-5H3,(H,103,114)(H,104,116)(H,105,120)(H,106,121)(H,107,119)(H,108,115)(H,109,117)(H,110,118)(H,122,123)(H3,99,100,111)/t78-,79-,80-,81-,82-,83-,84+,85-/m0/s1. The Morgan fingerprint density at radius 2 is 0.984 bits per heavy atom. The number of nitrogens with zero attached hydrogens (tertiary/aromatic N) is 3. The van der Waals surface area contributed by atoms with E-state index >= 15 is 24.0 Å². The Bertz CT molecular complexity index is 5400. The normalized spacial score (nSPS) is 14.4. The smallest absolute Gasteiger partial charge is 0.326 e. The SMILES string of the molecule is CC(C)C[C@H](NC(=O)[C@@H](COC(C)(C)C)NC(=O)[C@H](Cc1ccc(OCc2ccccc2)cc1)NC(=O)[C@H](COC(c1ccccc1)(c1ccccc1)c1ccccc1)NC(=O)[C@H](Cc1c[nH]c2ccccc12)NC(=O)[C@H](Cc1cn(C(c2ccccc2)(c2ccccc2)c2ccccc2)cn1)NC(=O)[C@@H]1CCC(=O)N1)C(=O)N[C@@H](CCCNC(=N)N[N+](=O)[O-])C(=O)O. The lowest BCUT2D eigenvalue weighted by molar-refractivity contribution is -0.525. The Morgan fingerprint density at radius 1 is 0.539 bits per heavy atom. The number of carboxylic acid groups (broad SMARTS) is 1. The van der Waals surface area contributed by atoms with Gasteiger partial charge in [-0.3, -0.25) is 43.8 Å². The third kappa shape index (κ3) is 24.5. The van der Waals surface area contributed by atoms with Crippen LogP contribution in [0.15, 0.2) is 280 Å². The number of nitrogens with one attached hydrogen (secondary N) is 12. The van der Waals surface area contributed by atoms with Crippen LogP contribution in [0.3, 0.4) is 0 Å². The number of aromatic nitrogens is 3. The third-order valence-electron chi connectivity index (χ3n) is 22.0. The first-order valence-corrected chi connectivity index (χ1v) is 42.6. The highest BCUT2D eigenvalue weighted by molar-refractivity contribution is 5.99. The summed E-state index contributed by atoms with van der Waals surface area (Å²) in [7, 11) is 0. The molecule has 13 N–H and O–H groups in total. The highest BCUT2D eigenvalue weighted by Gasteiger charge is 2.44. The van der Waals surface area contributed by atoms with Gasteiger partial charge in [0.1, 0.15) is 71.8 Å². The lowest BCUT2D eigenvalue weighted by Gasteiger charge is -2.37. The molecule has 1 aliphatic rings. The average Bonchev–Trinajstić information content (AvgIpc) is 1.19. The number of hydrogen-bond acceptors (Lipinski definition) is 16. The predicted octanol–water partition coefficient (Wildman–Crippen LogP) is 9.52. The molecule has 8 amide bonds. The van der Waals surface area contributed by atoms with Gasteiger partial charge in [-0.15, -0.1) is 0 Å². The highest BCUT2D eigenvalue weighted by Crippen LogP contribution is 2.43. The molecule has 128 heavy (non-hydrogen) atoms. The number of guanidine groups is 1. The van der Waals surface area contributed by atoms with Crippen LogP contribution in [-0.4, -0.2) is 158 Å². The number of benzene rings is 9. The minimum Gasteiger partial charge on any atom is -0.489 e. The Hall–Kier alpha value is -14.7. The van der Waals surface area contributed by atoms with E-state index in [-0.39, 0.29) is 76.3 Å². The molecular formula is C98H107N15O15. The number of carbonyl (C=O) groups is 9. The van der Waals surface area contributed by atoms with Crippen LogP contribution in [0.4, 0.5) is 0 Å². The molecule has 30 heteroatoms. The molecular weight excluding hydrogens is 1630 g/mol. The van der Waals surface area contributed by atoms with Gasteiger partial charge in [-0.05, 0) is 121 Å². The van der Waals surface area contributed by atoms with Crippen LogP contribution in [0.1, 0.15) is 122 Å². The summed E-state index contributed by atoms with van der Waals surface area (Å²) in [4.78, 5) is 154. The summed E-state index contributed by atoms with van der Waals surface area (Å²) in [6.45, 7) is 7.63. The van der Waals surface area contributed by atoms with Crippen LogP contribution in [0.2, 0.25) is 0 Å². The monoisotopic (exact) mass is 1730 g/mol. The molecule has 12 rings (SSSR count). The fourth-order valence-corrected chi connectivity index (χ4v) is 15.7. The maximum Gasteiger partial charge on any atom is 0.326 e. The lowest BCUT2D eigenvalue weighted by Crippen LogP contribution is -2.62. The Labute approximate surface area is 741 Å². The van der Waals surface area contributed by atoms with Gasteiger partial charge in [0.2, 0.25) is 47.3 Å². The number of aromatic amines is 1.